The minimum atomic E-state index is -0.965. The summed E-state index contributed by atoms with van der Waals surface area (Å²) in [6, 6.07) is 30.3. The normalized spacial score (nSPS) is 11.3. The summed E-state index contributed by atoms with van der Waals surface area (Å²) in [5.74, 6) is 2.23. The van der Waals surface area contributed by atoms with E-state index in [9.17, 15) is 9.90 Å². The molecule has 0 aliphatic carbocycles. The van der Waals surface area contributed by atoms with E-state index in [1.165, 1.54) is 19.3 Å². The van der Waals surface area contributed by atoms with Gasteiger partial charge in [0.1, 0.15) is 29.1 Å². The van der Waals surface area contributed by atoms with Crippen molar-refractivity contribution >= 4 is 6.29 Å². The van der Waals surface area contributed by atoms with Crippen LogP contribution in [0.25, 0.3) is 0 Å². The van der Waals surface area contributed by atoms with Crippen LogP contribution in [0.4, 0.5) is 0 Å². The van der Waals surface area contributed by atoms with Crippen LogP contribution in [0.5, 0.6) is 17.2 Å². The Morgan fingerprint density at radius 2 is 1.17 bits per heavy atom. The van der Waals surface area contributed by atoms with Gasteiger partial charge in [-0.25, -0.2) is 0 Å². The fraction of sp³-hybridized carbons (Fsp3) is 0.390. The van der Waals surface area contributed by atoms with Crippen molar-refractivity contribution in [3.63, 3.8) is 0 Å². The molecular formula is C41H50O6. The average Bonchev–Trinajstić information content (AvgIpc) is 3.12. The number of methoxy groups -OCH3 is 2. The van der Waals surface area contributed by atoms with Crippen molar-refractivity contribution in [2.24, 2.45) is 0 Å². The van der Waals surface area contributed by atoms with E-state index in [1.807, 2.05) is 79.7 Å². The smallest absolute Gasteiger partial charge is 0.144 e. The first-order chi connectivity index (χ1) is 23.0. The molecule has 0 atom stereocenters. The summed E-state index contributed by atoms with van der Waals surface area (Å²) in [6.45, 7) is 2.74. The number of aliphatic hydroxyl groups excluding tert-OH is 1. The van der Waals surface area contributed by atoms with Crippen molar-refractivity contribution in [2.45, 2.75) is 83.5 Å². The topological polar surface area (TPSA) is 74.2 Å². The second kappa shape index (κ2) is 18.9. The molecule has 0 aliphatic rings. The number of aldehydes is 1. The number of benzene rings is 4. The van der Waals surface area contributed by atoms with Crippen LogP contribution in [0.1, 0.15) is 91.2 Å². The molecule has 0 aliphatic heterocycles. The van der Waals surface area contributed by atoms with E-state index in [0.29, 0.717) is 18.8 Å². The first-order valence-corrected chi connectivity index (χ1v) is 16.8. The van der Waals surface area contributed by atoms with Crippen LogP contribution in [0.15, 0.2) is 91.0 Å². The Hall–Kier alpha value is -4.13. The zero-order valence-corrected chi connectivity index (χ0v) is 28.2. The molecule has 4 aromatic rings. The standard InChI is InChI=1S/C41H50O6/c1-32-28-33(30-43)40(46-27-15-10-8-6-4-5-7-9-14-26-42)34(29-32)31-47-41(35-16-12-11-13-17-35,36-18-22-38(44-2)23-19-36)37-20-24-39(45-3)25-21-37/h11-13,16-26,28-29,43H,4-10,14-15,27,30-31H2,1-3H3. The van der Waals surface area contributed by atoms with E-state index in [1.54, 1.807) is 14.2 Å². The fourth-order valence-electron chi connectivity index (χ4n) is 6.16. The molecule has 6 nitrogen and oxygen atoms in total. The van der Waals surface area contributed by atoms with Gasteiger partial charge in [-0.2, -0.15) is 0 Å². The molecule has 0 saturated heterocycles. The van der Waals surface area contributed by atoms with E-state index >= 15 is 0 Å². The third kappa shape index (κ3) is 9.69. The van der Waals surface area contributed by atoms with Crippen molar-refractivity contribution in [1.29, 1.82) is 0 Å². The Morgan fingerprint density at radius 3 is 1.70 bits per heavy atom. The maximum absolute atomic E-state index is 10.5. The highest BCUT2D eigenvalue weighted by Crippen LogP contribution is 2.43. The lowest BCUT2D eigenvalue weighted by molar-refractivity contribution is -0.107. The van der Waals surface area contributed by atoms with Crippen LogP contribution in [-0.4, -0.2) is 32.2 Å². The van der Waals surface area contributed by atoms with Gasteiger partial charge in [0.25, 0.3) is 0 Å². The summed E-state index contributed by atoms with van der Waals surface area (Å²) in [7, 11) is 3.33. The van der Waals surface area contributed by atoms with Crippen molar-refractivity contribution in [1.82, 2.24) is 0 Å². The quantitative estimate of drug-likeness (QED) is 0.0558. The molecule has 4 aromatic carbocycles. The molecule has 0 amide bonds. The second-order valence-corrected chi connectivity index (χ2v) is 12.0. The number of aryl methyl sites for hydroxylation is 1. The number of aliphatic hydroxyl groups is 1. The lowest BCUT2D eigenvalue weighted by Gasteiger charge is -2.36. The Morgan fingerprint density at radius 1 is 0.660 bits per heavy atom. The van der Waals surface area contributed by atoms with E-state index in [4.69, 9.17) is 18.9 Å². The van der Waals surface area contributed by atoms with Crippen LogP contribution in [0.3, 0.4) is 0 Å². The van der Waals surface area contributed by atoms with Gasteiger partial charge in [-0.3, -0.25) is 0 Å². The summed E-state index contributed by atoms with van der Waals surface area (Å²) in [5.41, 5.74) is 4.62. The molecule has 4 rings (SSSR count). The summed E-state index contributed by atoms with van der Waals surface area (Å²) in [5, 5.41) is 10.3. The minimum Gasteiger partial charge on any atom is -0.497 e. The van der Waals surface area contributed by atoms with Gasteiger partial charge < -0.3 is 28.8 Å². The van der Waals surface area contributed by atoms with Crippen LogP contribution >= 0.6 is 0 Å². The molecule has 6 heteroatoms. The summed E-state index contributed by atoms with van der Waals surface area (Å²) >= 11 is 0. The molecule has 0 radical (unpaired) electrons. The number of carbonyl (C=O) groups is 1. The predicted octanol–water partition coefficient (Wildman–Crippen LogP) is 9.10. The number of hydrogen-bond donors (Lipinski definition) is 1. The first-order valence-electron chi connectivity index (χ1n) is 16.8. The van der Waals surface area contributed by atoms with E-state index in [2.05, 4.69) is 18.2 Å². The van der Waals surface area contributed by atoms with Crippen LogP contribution in [-0.2, 0) is 28.3 Å². The third-order valence-corrected chi connectivity index (χ3v) is 8.64. The minimum absolute atomic E-state index is 0.116. The van der Waals surface area contributed by atoms with Crippen LogP contribution < -0.4 is 14.2 Å². The van der Waals surface area contributed by atoms with Crippen LogP contribution in [0, 0.1) is 6.92 Å². The number of rotatable bonds is 21. The predicted molar refractivity (Wildman–Crippen MR) is 187 cm³/mol. The van der Waals surface area contributed by atoms with E-state index in [0.717, 1.165) is 83.3 Å². The van der Waals surface area contributed by atoms with Crippen molar-refractivity contribution in [3.8, 4) is 17.2 Å². The van der Waals surface area contributed by atoms with E-state index in [-0.39, 0.29) is 13.2 Å². The lowest BCUT2D eigenvalue weighted by atomic mass is 9.80. The molecule has 0 heterocycles. The molecule has 0 bridgehead atoms. The molecule has 0 saturated carbocycles. The Kier molecular flexibility index (Phi) is 14.3. The largest absolute Gasteiger partial charge is 0.497 e. The third-order valence-electron chi connectivity index (χ3n) is 8.64. The zero-order chi connectivity index (χ0) is 33.3. The Balaban J connectivity index is 1.59. The number of carbonyl (C=O) groups excluding carboxylic acids is 1. The summed E-state index contributed by atoms with van der Waals surface area (Å²) < 4.78 is 24.6. The molecule has 250 valence electrons. The van der Waals surface area contributed by atoms with Crippen LogP contribution in [0.2, 0.25) is 0 Å². The highest BCUT2D eigenvalue weighted by atomic mass is 16.5. The van der Waals surface area contributed by atoms with E-state index < -0.39 is 5.60 Å². The monoisotopic (exact) mass is 638 g/mol. The highest BCUT2D eigenvalue weighted by molar-refractivity contribution is 5.51. The molecule has 0 fully saturated rings. The number of hydrogen-bond acceptors (Lipinski definition) is 6. The summed E-state index contributed by atoms with van der Waals surface area (Å²) in [4.78, 5) is 10.5. The maximum Gasteiger partial charge on any atom is 0.144 e. The SMILES string of the molecule is COc1ccc(C(OCc2cc(C)cc(CO)c2OCCCCCCCCCCC=O)(c2ccccc2)c2ccc(OC)cc2)cc1. The average molecular weight is 639 g/mol. The Bertz CT molecular complexity index is 1430. The maximum atomic E-state index is 10.5. The van der Waals surface area contributed by atoms with Gasteiger partial charge >= 0.3 is 0 Å². The lowest BCUT2D eigenvalue weighted by Crippen LogP contribution is -2.33. The molecule has 1 N–H and O–H groups in total. The zero-order valence-electron chi connectivity index (χ0n) is 28.2. The number of ether oxygens (including phenoxy) is 4. The van der Waals surface area contributed by atoms with Gasteiger partial charge in [0.05, 0.1) is 34.0 Å². The van der Waals surface area contributed by atoms with Crippen molar-refractivity contribution in [3.05, 3.63) is 124 Å². The van der Waals surface area contributed by atoms with Gasteiger partial charge in [-0.05, 0) is 60.7 Å². The summed E-state index contributed by atoms with van der Waals surface area (Å²) in [6.07, 6.45) is 10.6. The van der Waals surface area contributed by atoms with Gasteiger partial charge in [0.2, 0.25) is 0 Å². The first kappa shape index (κ1) is 35.7. The molecule has 47 heavy (non-hydrogen) atoms. The second-order valence-electron chi connectivity index (χ2n) is 12.0. The highest BCUT2D eigenvalue weighted by Gasteiger charge is 2.38. The van der Waals surface area contributed by atoms with Crippen molar-refractivity contribution in [2.75, 3.05) is 20.8 Å². The van der Waals surface area contributed by atoms with Gasteiger partial charge in [0, 0.05) is 17.5 Å². The number of unbranched alkanes of at least 4 members (excludes halogenated alkanes) is 8. The van der Waals surface area contributed by atoms with Gasteiger partial charge in [-0.15, -0.1) is 0 Å². The van der Waals surface area contributed by atoms with Crippen molar-refractivity contribution < 1.29 is 28.8 Å². The molecule has 0 spiro atoms. The molecule has 0 aromatic heterocycles. The Labute approximate surface area is 280 Å². The fourth-order valence-corrected chi connectivity index (χ4v) is 6.16. The van der Waals surface area contributed by atoms with Gasteiger partial charge in [0.15, 0.2) is 0 Å². The molecule has 0 unspecified atom stereocenters. The van der Waals surface area contributed by atoms with Gasteiger partial charge in [-0.1, -0.05) is 111 Å². The molecular weight excluding hydrogens is 588 g/mol.